The van der Waals surface area contributed by atoms with Crippen LogP contribution in [-0.4, -0.2) is 22.3 Å². The summed E-state index contributed by atoms with van der Waals surface area (Å²) < 4.78 is 0. The molecular weight excluding hydrogens is 456 g/mol. The van der Waals surface area contributed by atoms with Crippen LogP contribution in [0.2, 0.25) is 0 Å². The number of hydrogen-bond donors (Lipinski definition) is 2. The van der Waals surface area contributed by atoms with Gasteiger partial charge in [0, 0.05) is 6.42 Å². The lowest BCUT2D eigenvalue weighted by Crippen LogP contribution is -2.05. The molecule has 37 heavy (non-hydrogen) atoms. The number of carbonyl (C=O) groups is 1. The normalized spacial score (nSPS) is 11.8. The Morgan fingerprint density at radius 1 is 0.432 bits per heavy atom. The molecule has 3 nitrogen and oxygen atoms in total. The molecule has 0 fully saturated rings. The predicted octanol–water partition coefficient (Wildman–Crippen LogP) is 11.8. The molecule has 0 aromatic rings. The van der Waals surface area contributed by atoms with E-state index in [0.717, 1.165) is 25.7 Å². The quantitative estimate of drug-likeness (QED) is 0.0952. The molecular formula is C34H70O3. The monoisotopic (exact) mass is 527 g/mol. The highest BCUT2D eigenvalue weighted by Crippen LogP contribution is 2.15. The first kappa shape index (κ1) is 38.6. The fraction of sp³-hybridized carbons (Fsp3) is 0.971. The minimum atomic E-state index is -0.657. The zero-order chi connectivity index (χ0) is 27.7. The van der Waals surface area contributed by atoms with Gasteiger partial charge in [-0.2, -0.15) is 0 Å². The maximum Gasteiger partial charge on any atom is 0.303 e. The van der Waals surface area contributed by atoms with Crippen molar-refractivity contribution in [2.45, 2.75) is 213 Å². The maximum absolute atomic E-state index is 10.3. The molecule has 0 amide bonds. The topological polar surface area (TPSA) is 57.5 Å². The first-order chi connectivity index (χ1) is 18.1. The van der Waals surface area contributed by atoms with Crippen molar-refractivity contribution < 1.29 is 15.0 Å². The van der Waals surface area contributed by atoms with Crippen LogP contribution in [0.3, 0.4) is 0 Å². The van der Waals surface area contributed by atoms with Crippen molar-refractivity contribution in [1.82, 2.24) is 0 Å². The van der Waals surface area contributed by atoms with E-state index in [1.807, 2.05) is 0 Å². The van der Waals surface area contributed by atoms with Crippen molar-refractivity contribution in [2.24, 2.45) is 0 Å². The second kappa shape index (κ2) is 35.4. The van der Waals surface area contributed by atoms with E-state index in [-0.39, 0.29) is 6.10 Å². The summed E-state index contributed by atoms with van der Waals surface area (Å²) in [6.45, 7) is 6.78. The molecule has 0 aromatic heterocycles. The number of carboxylic acids is 1. The van der Waals surface area contributed by atoms with Crippen LogP contribution < -0.4 is 0 Å². The van der Waals surface area contributed by atoms with Crippen LogP contribution >= 0.6 is 0 Å². The molecule has 0 aliphatic heterocycles. The lowest BCUT2D eigenvalue weighted by Gasteiger charge is -2.10. The average molecular weight is 527 g/mol. The van der Waals surface area contributed by atoms with Crippen molar-refractivity contribution in [3.05, 3.63) is 0 Å². The van der Waals surface area contributed by atoms with Crippen LogP contribution in [-0.2, 0) is 4.79 Å². The SMILES string of the molecule is CCCCCCCCCCCC(O)CCCCCCCC.CCCCCCCCCCCCCC(=O)O. The molecule has 1 unspecified atom stereocenters. The Hall–Kier alpha value is -0.570. The van der Waals surface area contributed by atoms with E-state index in [4.69, 9.17) is 5.11 Å². The Balaban J connectivity index is 0. The van der Waals surface area contributed by atoms with Gasteiger partial charge in [0.2, 0.25) is 0 Å². The fourth-order valence-electron chi connectivity index (χ4n) is 4.94. The van der Waals surface area contributed by atoms with E-state index in [0.29, 0.717) is 6.42 Å². The molecule has 224 valence electrons. The van der Waals surface area contributed by atoms with Crippen molar-refractivity contribution in [1.29, 1.82) is 0 Å². The number of rotatable bonds is 29. The van der Waals surface area contributed by atoms with Crippen molar-refractivity contribution in [2.75, 3.05) is 0 Å². The summed E-state index contributed by atoms with van der Waals surface area (Å²) in [6.07, 6.45) is 36.7. The van der Waals surface area contributed by atoms with E-state index >= 15 is 0 Å². The number of aliphatic hydroxyl groups is 1. The highest BCUT2D eigenvalue weighted by atomic mass is 16.4. The third kappa shape index (κ3) is 40.1. The lowest BCUT2D eigenvalue weighted by molar-refractivity contribution is -0.137. The highest BCUT2D eigenvalue weighted by molar-refractivity contribution is 5.66. The molecule has 0 bridgehead atoms. The third-order valence-corrected chi connectivity index (χ3v) is 7.53. The van der Waals surface area contributed by atoms with Crippen LogP contribution in [0, 0.1) is 0 Å². The fourth-order valence-corrected chi connectivity index (χ4v) is 4.94. The second-order valence-corrected chi connectivity index (χ2v) is 11.5. The van der Waals surface area contributed by atoms with Gasteiger partial charge >= 0.3 is 5.97 Å². The summed E-state index contributed by atoms with van der Waals surface area (Å²) in [5.74, 6) is -0.657. The molecule has 0 aromatic carbocycles. The molecule has 0 saturated carbocycles. The van der Waals surface area contributed by atoms with Crippen LogP contribution in [0.4, 0.5) is 0 Å². The van der Waals surface area contributed by atoms with Crippen molar-refractivity contribution in [3.63, 3.8) is 0 Å². The Morgan fingerprint density at radius 3 is 0.946 bits per heavy atom. The van der Waals surface area contributed by atoms with Crippen LogP contribution in [0.25, 0.3) is 0 Å². The third-order valence-electron chi connectivity index (χ3n) is 7.53. The zero-order valence-corrected chi connectivity index (χ0v) is 25.9. The van der Waals surface area contributed by atoms with Crippen LogP contribution in [0.1, 0.15) is 207 Å². The van der Waals surface area contributed by atoms with E-state index in [1.54, 1.807) is 0 Å². The summed E-state index contributed by atoms with van der Waals surface area (Å²) in [5, 5.41) is 18.4. The molecule has 0 aliphatic rings. The number of unbranched alkanes of at least 4 members (excludes halogenated alkanes) is 23. The van der Waals surface area contributed by atoms with Crippen molar-refractivity contribution in [3.8, 4) is 0 Å². The summed E-state index contributed by atoms with van der Waals surface area (Å²) in [5.41, 5.74) is 0. The van der Waals surface area contributed by atoms with Gasteiger partial charge in [0.1, 0.15) is 0 Å². The second-order valence-electron chi connectivity index (χ2n) is 11.5. The maximum atomic E-state index is 10.3. The van der Waals surface area contributed by atoms with Gasteiger partial charge in [0.15, 0.2) is 0 Å². The van der Waals surface area contributed by atoms with Gasteiger partial charge < -0.3 is 10.2 Å². The van der Waals surface area contributed by atoms with Gasteiger partial charge in [-0.15, -0.1) is 0 Å². The Bertz CT molecular complexity index is 410. The summed E-state index contributed by atoms with van der Waals surface area (Å²) in [6, 6.07) is 0. The molecule has 0 saturated heterocycles. The smallest absolute Gasteiger partial charge is 0.303 e. The standard InChI is InChI=1S/C20H42O.C14H28O2/c1-3-5-7-9-11-12-13-15-17-19-20(21)18-16-14-10-8-6-4-2;1-2-3-4-5-6-7-8-9-10-11-12-13-14(15)16/h20-21H,3-19H2,1-2H3;2-13H2,1H3,(H,15,16). The van der Waals surface area contributed by atoms with Gasteiger partial charge in [-0.1, -0.05) is 181 Å². The molecule has 0 aliphatic carbocycles. The molecule has 0 heterocycles. The Morgan fingerprint density at radius 2 is 0.676 bits per heavy atom. The molecule has 0 spiro atoms. The van der Waals surface area contributed by atoms with Crippen LogP contribution in [0.5, 0.6) is 0 Å². The number of aliphatic hydroxyl groups excluding tert-OH is 1. The van der Waals surface area contributed by atoms with E-state index in [9.17, 15) is 9.90 Å². The molecule has 0 radical (unpaired) electrons. The minimum Gasteiger partial charge on any atom is -0.481 e. The van der Waals surface area contributed by atoms with Crippen molar-refractivity contribution >= 4 is 5.97 Å². The summed E-state index contributed by atoms with van der Waals surface area (Å²) in [4.78, 5) is 10.3. The molecule has 3 heteroatoms. The number of carboxylic acid groups (broad SMARTS) is 1. The Kier molecular flexibility index (Phi) is 36.9. The van der Waals surface area contributed by atoms with E-state index < -0.39 is 5.97 Å². The summed E-state index contributed by atoms with van der Waals surface area (Å²) >= 11 is 0. The minimum absolute atomic E-state index is 0.0271. The van der Waals surface area contributed by atoms with Gasteiger partial charge in [0.25, 0.3) is 0 Å². The van der Waals surface area contributed by atoms with Gasteiger partial charge in [0.05, 0.1) is 6.10 Å². The highest BCUT2D eigenvalue weighted by Gasteiger charge is 2.03. The summed E-state index contributed by atoms with van der Waals surface area (Å²) in [7, 11) is 0. The zero-order valence-electron chi connectivity index (χ0n) is 25.9. The molecule has 0 rings (SSSR count). The molecule has 1 atom stereocenters. The molecule has 2 N–H and O–H groups in total. The van der Waals surface area contributed by atoms with Gasteiger partial charge in [-0.25, -0.2) is 0 Å². The Labute approximate surface area is 234 Å². The number of aliphatic carboxylic acids is 1. The first-order valence-electron chi connectivity index (χ1n) is 17.0. The van der Waals surface area contributed by atoms with E-state index in [1.165, 1.54) is 154 Å². The first-order valence-corrected chi connectivity index (χ1v) is 17.0. The van der Waals surface area contributed by atoms with Gasteiger partial charge in [-0.05, 0) is 19.3 Å². The average Bonchev–Trinajstić information content (AvgIpc) is 2.88. The lowest BCUT2D eigenvalue weighted by atomic mass is 10.0. The van der Waals surface area contributed by atoms with Crippen LogP contribution in [0.15, 0.2) is 0 Å². The largest absolute Gasteiger partial charge is 0.481 e. The van der Waals surface area contributed by atoms with E-state index in [2.05, 4.69) is 20.8 Å². The van der Waals surface area contributed by atoms with Gasteiger partial charge in [-0.3, -0.25) is 4.79 Å². The number of hydrogen-bond acceptors (Lipinski definition) is 2. The predicted molar refractivity (Wildman–Crippen MR) is 165 cm³/mol.